The molecular formula is C22H32F3N3O3S. The van der Waals surface area contributed by atoms with Crippen LogP contribution in [0.5, 0.6) is 0 Å². The van der Waals surface area contributed by atoms with E-state index < -0.39 is 21.8 Å². The van der Waals surface area contributed by atoms with Gasteiger partial charge >= 0.3 is 6.18 Å². The highest BCUT2D eigenvalue weighted by molar-refractivity contribution is 7.89. The number of rotatable bonds is 8. The van der Waals surface area contributed by atoms with Crippen molar-refractivity contribution in [2.45, 2.75) is 75.1 Å². The van der Waals surface area contributed by atoms with Gasteiger partial charge in [0.25, 0.3) is 0 Å². The third-order valence-electron chi connectivity index (χ3n) is 6.15. The SMILES string of the molecule is CN[C@@H](CC(C)C)C(=O)N1CCC(N(C2CC2)S(=O)(=O)c2ccc(C(F)(F)F)cc2)CC1. The maximum Gasteiger partial charge on any atom is 0.416 e. The molecule has 0 spiro atoms. The lowest BCUT2D eigenvalue weighted by Crippen LogP contribution is -2.53. The summed E-state index contributed by atoms with van der Waals surface area (Å²) in [7, 11) is -2.16. The minimum Gasteiger partial charge on any atom is -0.341 e. The molecule has 2 fully saturated rings. The normalized spacial score (nSPS) is 19.6. The monoisotopic (exact) mass is 475 g/mol. The van der Waals surface area contributed by atoms with Gasteiger partial charge in [-0.05, 0) is 69.3 Å². The zero-order valence-corrected chi connectivity index (χ0v) is 19.5. The summed E-state index contributed by atoms with van der Waals surface area (Å²) in [6.45, 7) is 5.05. The molecule has 1 heterocycles. The number of carbonyl (C=O) groups excluding carboxylic acids is 1. The maximum absolute atomic E-state index is 13.3. The van der Waals surface area contributed by atoms with Gasteiger partial charge in [0.1, 0.15) is 0 Å². The molecule has 0 unspecified atom stereocenters. The number of halogens is 3. The number of nitrogens with zero attached hydrogens (tertiary/aromatic N) is 2. The molecule has 3 rings (SSSR count). The standard InChI is InChI=1S/C22H32F3N3O3S/c1-15(2)14-20(26-3)21(29)27-12-10-18(11-13-27)28(17-6-7-17)32(30,31)19-8-4-16(5-9-19)22(23,24)25/h4-5,8-9,15,17-18,20,26H,6-7,10-14H2,1-3H3/t20-/m0/s1. The molecule has 1 saturated heterocycles. The number of hydrogen-bond donors (Lipinski definition) is 1. The second kappa shape index (κ2) is 9.69. The molecule has 0 bridgehead atoms. The first-order valence-electron chi connectivity index (χ1n) is 11.1. The van der Waals surface area contributed by atoms with Gasteiger partial charge < -0.3 is 10.2 Å². The molecule has 1 aromatic carbocycles. The lowest BCUT2D eigenvalue weighted by Gasteiger charge is -2.39. The summed E-state index contributed by atoms with van der Waals surface area (Å²) in [5.41, 5.74) is -0.873. The number of nitrogens with one attached hydrogen (secondary N) is 1. The average Bonchev–Trinajstić information content (AvgIpc) is 3.56. The van der Waals surface area contributed by atoms with Gasteiger partial charge in [0, 0.05) is 25.2 Å². The van der Waals surface area contributed by atoms with Crippen LogP contribution in [0.4, 0.5) is 13.2 Å². The van der Waals surface area contributed by atoms with E-state index in [1.54, 1.807) is 11.9 Å². The topological polar surface area (TPSA) is 69.7 Å². The van der Waals surface area contributed by atoms with E-state index >= 15 is 0 Å². The van der Waals surface area contributed by atoms with Crippen molar-refractivity contribution in [2.24, 2.45) is 5.92 Å². The van der Waals surface area contributed by atoms with Gasteiger partial charge in [-0.1, -0.05) is 13.8 Å². The van der Waals surface area contributed by atoms with Gasteiger partial charge in [0.05, 0.1) is 16.5 Å². The van der Waals surface area contributed by atoms with Crippen LogP contribution in [0, 0.1) is 5.92 Å². The lowest BCUT2D eigenvalue weighted by molar-refractivity contribution is -0.137. The number of sulfonamides is 1. The van der Waals surface area contributed by atoms with Crippen LogP contribution in [0.1, 0.15) is 51.5 Å². The van der Waals surface area contributed by atoms with E-state index in [2.05, 4.69) is 19.2 Å². The van der Waals surface area contributed by atoms with Crippen LogP contribution < -0.4 is 5.32 Å². The molecule has 0 aromatic heterocycles. The van der Waals surface area contributed by atoms with Crippen molar-refractivity contribution in [3.63, 3.8) is 0 Å². The Hall–Kier alpha value is -1.65. The van der Waals surface area contributed by atoms with Crippen molar-refractivity contribution in [3.05, 3.63) is 29.8 Å². The Balaban J connectivity index is 1.71. The third kappa shape index (κ3) is 5.63. The fraction of sp³-hybridized carbons (Fsp3) is 0.682. The van der Waals surface area contributed by atoms with Gasteiger partial charge in [-0.3, -0.25) is 4.79 Å². The molecule has 180 valence electrons. The molecule has 1 aliphatic carbocycles. The van der Waals surface area contributed by atoms with E-state index in [1.807, 2.05) is 0 Å². The highest BCUT2D eigenvalue weighted by Gasteiger charge is 2.44. The Bertz CT molecular complexity index is 891. The first-order chi connectivity index (χ1) is 14.9. The highest BCUT2D eigenvalue weighted by atomic mass is 32.2. The lowest BCUT2D eigenvalue weighted by atomic mass is 10.00. The van der Waals surface area contributed by atoms with Crippen molar-refractivity contribution in [1.29, 1.82) is 0 Å². The van der Waals surface area contributed by atoms with Crippen LogP contribution in [0.3, 0.4) is 0 Å². The van der Waals surface area contributed by atoms with Gasteiger partial charge in [-0.2, -0.15) is 17.5 Å². The Labute approximate surface area is 188 Å². The first-order valence-corrected chi connectivity index (χ1v) is 12.6. The van der Waals surface area contributed by atoms with Gasteiger partial charge in [-0.25, -0.2) is 8.42 Å². The Morgan fingerprint density at radius 1 is 1.09 bits per heavy atom. The number of carbonyl (C=O) groups is 1. The Kier molecular flexibility index (Phi) is 7.56. The van der Waals surface area contributed by atoms with E-state index in [0.29, 0.717) is 31.8 Å². The van der Waals surface area contributed by atoms with Crippen molar-refractivity contribution in [3.8, 4) is 0 Å². The molecule has 0 radical (unpaired) electrons. The number of hydrogen-bond acceptors (Lipinski definition) is 4. The number of likely N-dealkylation sites (N-methyl/N-ethyl adjacent to an activating group) is 1. The minimum atomic E-state index is -4.52. The number of benzene rings is 1. The van der Waals surface area contributed by atoms with Crippen LogP contribution in [-0.4, -0.2) is 61.8 Å². The van der Waals surface area contributed by atoms with Crippen LogP contribution in [0.15, 0.2) is 29.2 Å². The third-order valence-corrected chi connectivity index (χ3v) is 8.17. The smallest absolute Gasteiger partial charge is 0.341 e. The number of alkyl halides is 3. The fourth-order valence-electron chi connectivity index (χ4n) is 4.33. The zero-order chi connectivity index (χ0) is 23.7. The second-order valence-electron chi connectivity index (χ2n) is 9.12. The van der Waals surface area contributed by atoms with Gasteiger partial charge in [0.2, 0.25) is 15.9 Å². The summed E-state index contributed by atoms with van der Waals surface area (Å²) in [6.07, 6.45) is -1.27. The summed E-state index contributed by atoms with van der Waals surface area (Å²) in [6, 6.07) is 3.04. The largest absolute Gasteiger partial charge is 0.416 e. The average molecular weight is 476 g/mol. The predicted molar refractivity (Wildman–Crippen MR) is 115 cm³/mol. The van der Waals surface area contributed by atoms with Crippen LogP contribution >= 0.6 is 0 Å². The summed E-state index contributed by atoms with van der Waals surface area (Å²) < 4.78 is 66.7. The van der Waals surface area contributed by atoms with E-state index in [0.717, 1.165) is 43.5 Å². The highest BCUT2D eigenvalue weighted by Crippen LogP contribution is 2.37. The quantitative estimate of drug-likeness (QED) is 0.625. The van der Waals surface area contributed by atoms with Crippen LogP contribution in [-0.2, 0) is 21.0 Å². The second-order valence-corrected chi connectivity index (χ2v) is 11.0. The molecule has 1 N–H and O–H groups in total. The maximum atomic E-state index is 13.3. The molecule has 32 heavy (non-hydrogen) atoms. The number of likely N-dealkylation sites (tertiary alicyclic amines) is 1. The van der Waals surface area contributed by atoms with Crippen molar-refractivity contribution in [1.82, 2.24) is 14.5 Å². The van der Waals surface area contributed by atoms with Gasteiger partial charge in [-0.15, -0.1) is 0 Å². The van der Waals surface area contributed by atoms with E-state index in [-0.39, 0.29) is 28.9 Å². The van der Waals surface area contributed by atoms with Crippen LogP contribution in [0.2, 0.25) is 0 Å². The summed E-state index contributed by atoms with van der Waals surface area (Å²) in [4.78, 5) is 14.5. The molecule has 10 heteroatoms. The van der Waals surface area contributed by atoms with Crippen molar-refractivity contribution < 1.29 is 26.4 Å². The van der Waals surface area contributed by atoms with Crippen molar-refractivity contribution in [2.75, 3.05) is 20.1 Å². The summed E-state index contributed by atoms with van der Waals surface area (Å²) in [5, 5.41) is 3.08. The minimum absolute atomic E-state index is 0.0308. The molecule has 1 aromatic rings. The summed E-state index contributed by atoms with van der Waals surface area (Å²) in [5.74, 6) is 0.399. The van der Waals surface area contributed by atoms with Crippen LogP contribution in [0.25, 0.3) is 0 Å². The Morgan fingerprint density at radius 2 is 1.62 bits per heavy atom. The predicted octanol–water partition coefficient (Wildman–Crippen LogP) is 3.48. The first kappa shape index (κ1) is 25.0. The number of amides is 1. The molecular weight excluding hydrogens is 443 g/mol. The molecule has 6 nitrogen and oxygen atoms in total. The Morgan fingerprint density at radius 3 is 2.06 bits per heavy atom. The van der Waals surface area contributed by atoms with Gasteiger partial charge in [0.15, 0.2) is 0 Å². The molecule has 1 aliphatic heterocycles. The zero-order valence-electron chi connectivity index (χ0n) is 18.7. The fourth-order valence-corrected chi connectivity index (χ4v) is 6.26. The number of piperidine rings is 1. The summed E-state index contributed by atoms with van der Waals surface area (Å²) >= 11 is 0. The van der Waals surface area contributed by atoms with Crippen molar-refractivity contribution >= 4 is 15.9 Å². The molecule has 1 amide bonds. The molecule has 1 atom stereocenters. The van der Waals surface area contributed by atoms with E-state index in [9.17, 15) is 26.4 Å². The van der Waals surface area contributed by atoms with E-state index in [1.165, 1.54) is 4.31 Å². The molecule has 2 aliphatic rings. The molecule has 1 saturated carbocycles. The van der Waals surface area contributed by atoms with E-state index in [4.69, 9.17) is 0 Å².